The second-order valence-corrected chi connectivity index (χ2v) is 22.3. The number of likely N-dealkylation sites (N-methyl/N-ethyl adjacent to an activating group) is 6. The molecule has 1 fully saturated rings. The Kier molecular flexibility index (Phi) is 25.0. The molecule has 10 amide bonds. The van der Waals surface area contributed by atoms with Gasteiger partial charge >= 0.3 is 12.2 Å². The number of hydrogen-bond acceptors (Lipinski definition) is 16. The van der Waals surface area contributed by atoms with E-state index in [0.29, 0.717) is 0 Å². The van der Waals surface area contributed by atoms with Gasteiger partial charge in [0.2, 0.25) is 47.3 Å². The third kappa shape index (κ3) is 20.1. The summed E-state index contributed by atoms with van der Waals surface area (Å²) in [4.78, 5) is 143. The van der Waals surface area contributed by atoms with Gasteiger partial charge in [-0.25, -0.2) is 9.59 Å². The molecule has 0 unspecified atom stereocenters. The number of hydrogen-bond donors (Lipinski definition) is 4. The molecule has 0 aromatic heterocycles. The summed E-state index contributed by atoms with van der Waals surface area (Å²) in [6.07, 6.45) is 1.68. The normalized spacial score (nSPS) is 20.6. The summed E-state index contributed by atoms with van der Waals surface area (Å²) < 4.78 is 10.6. The van der Waals surface area contributed by atoms with Crippen molar-refractivity contribution < 1.29 is 57.4 Å². The Morgan fingerprint density at radius 3 is 1.94 bits per heavy atom. The Balaban J connectivity index is 3.80. The molecule has 1 heterocycles. The molecule has 0 aromatic rings. The maximum Gasteiger partial charge on any atom is 0.408 e. The first-order valence-corrected chi connectivity index (χ1v) is 26.4. The first kappa shape index (κ1) is 60.7. The minimum atomic E-state index is -1.47. The number of amides is 10. The van der Waals surface area contributed by atoms with Crippen LogP contribution in [0.5, 0.6) is 0 Å². The van der Waals surface area contributed by atoms with Gasteiger partial charge in [-0.05, 0) is 61.0 Å². The van der Waals surface area contributed by atoms with Gasteiger partial charge in [-0.3, -0.25) is 38.4 Å². The molecule has 1 aliphatic rings. The first-order chi connectivity index (χ1) is 30.9. The van der Waals surface area contributed by atoms with Crippen LogP contribution in [0.25, 0.3) is 0 Å². The molecule has 0 aliphatic carbocycles. The second kappa shape index (κ2) is 27.6. The van der Waals surface area contributed by atoms with Gasteiger partial charge in [0.15, 0.2) is 0 Å². The lowest BCUT2D eigenvalue weighted by Gasteiger charge is -2.36. The van der Waals surface area contributed by atoms with Gasteiger partial charge < -0.3 is 60.1 Å². The Morgan fingerprint density at radius 2 is 1.40 bits per heavy atom. The molecule has 1 rings (SSSR count). The topological polar surface area (TPSA) is 257 Å². The molecule has 4 N–H and O–H groups in total. The Labute approximate surface area is 411 Å². The SMILES string of the molecule is CSC[C@@H](C(=O)N(C)C)N(C)C(=O)[C@@H]1CSSC[C@H](N(C)C(=O)CNC(=O)[C@@H](C)NC(=O)OC(C)(C)C)C(=O)N(C)[C@@H](CSC)C(=O)N(C)C[C@@H](NC(=O)OC(C)(C)C)C(=O)NCC(=O)N1C. The van der Waals surface area contributed by atoms with E-state index in [0.717, 1.165) is 36.3 Å². The minimum Gasteiger partial charge on any atom is -0.444 e. The van der Waals surface area contributed by atoms with Crippen LogP contribution < -0.4 is 21.3 Å². The lowest BCUT2D eigenvalue weighted by Crippen LogP contribution is -2.60. The predicted octanol–water partition coefficient (Wildman–Crippen LogP) is 0.000900. The first-order valence-electron chi connectivity index (χ1n) is 21.2. The highest BCUT2D eigenvalue weighted by molar-refractivity contribution is 8.76. The average molecular weight is 1030 g/mol. The van der Waals surface area contributed by atoms with Gasteiger partial charge in [-0.2, -0.15) is 23.5 Å². The van der Waals surface area contributed by atoms with Crippen LogP contribution in [-0.2, 0) is 47.8 Å². The molecular weight excluding hydrogens is 953 g/mol. The summed E-state index contributed by atoms with van der Waals surface area (Å²) >= 11 is 2.60. The third-order valence-corrected chi connectivity index (χ3v) is 13.6. The summed E-state index contributed by atoms with van der Waals surface area (Å²) in [7, 11) is 12.3. The van der Waals surface area contributed by atoms with Crippen molar-refractivity contribution in [3.8, 4) is 0 Å². The zero-order valence-corrected chi connectivity index (χ0v) is 44.9. The van der Waals surface area contributed by atoms with E-state index in [1.807, 2.05) is 0 Å². The Bertz CT molecular complexity index is 1780. The van der Waals surface area contributed by atoms with Crippen molar-refractivity contribution in [3.63, 3.8) is 0 Å². The molecule has 0 saturated carbocycles. The van der Waals surface area contributed by atoms with Crippen molar-refractivity contribution in [1.82, 2.24) is 50.7 Å². The van der Waals surface area contributed by atoms with E-state index in [1.165, 1.54) is 80.4 Å². The lowest BCUT2D eigenvalue weighted by atomic mass is 10.1. The maximum atomic E-state index is 14.6. The molecule has 0 bridgehead atoms. The van der Waals surface area contributed by atoms with Crippen LogP contribution in [-0.4, -0.2) is 241 Å². The van der Waals surface area contributed by atoms with Crippen LogP contribution in [0.3, 0.4) is 0 Å². The molecule has 22 nitrogen and oxygen atoms in total. The smallest absolute Gasteiger partial charge is 0.408 e. The van der Waals surface area contributed by atoms with Crippen LogP contribution in [0, 0.1) is 0 Å². The lowest BCUT2D eigenvalue weighted by molar-refractivity contribution is -0.148. The van der Waals surface area contributed by atoms with Crippen LogP contribution >= 0.6 is 45.1 Å². The summed E-state index contributed by atoms with van der Waals surface area (Å²) in [5, 5.41) is 9.85. The quantitative estimate of drug-likeness (QED) is 0.177. The van der Waals surface area contributed by atoms with E-state index in [2.05, 4.69) is 21.3 Å². The second-order valence-electron chi connectivity index (χ2n) is 17.9. The van der Waals surface area contributed by atoms with Crippen molar-refractivity contribution in [3.05, 3.63) is 0 Å². The van der Waals surface area contributed by atoms with Gasteiger partial charge in [-0.15, -0.1) is 0 Å². The fourth-order valence-corrected chi connectivity index (χ4v) is 9.92. The summed E-state index contributed by atoms with van der Waals surface area (Å²) in [5.74, 6) is -5.03. The Hall–Kier alpha value is -4.30. The number of nitrogens with one attached hydrogen (secondary N) is 4. The van der Waals surface area contributed by atoms with E-state index in [9.17, 15) is 47.9 Å². The molecule has 67 heavy (non-hydrogen) atoms. The van der Waals surface area contributed by atoms with Crippen LogP contribution in [0.2, 0.25) is 0 Å². The van der Waals surface area contributed by atoms with Crippen molar-refractivity contribution in [2.24, 2.45) is 0 Å². The largest absolute Gasteiger partial charge is 0.444 e. The molecule has 0 spiro atoms. The molecule has 382 valence electrons. The van der Waals surface area contributed by atoms with Crippen molar-refractivity contribution in [2.75, 3.05) is 104 Å². The van der Waals surface area contributed by atoms with E-state index in [1.54, 1.807) is 68.1 Å². The number of alkyl carbamates (subject to hydrolysis) is 2. The number of thioether (sulfide) groups is 2. The van der Waals surface area contributed by atoms with Crippen molar-refractivity contribution >= 4 is 105 Å². The molecule has 1 saturated heterocycles. The molecule has 0 aromatic carbocycles. The number of nitrogens with zero attached hydrogens (tertiary/aromatic N) is 6. The van der Waals surface area contributed by atoms with E-state index < -0.39 is 121 Å². The zero-order valence-electron chi connectivity index (χ0n) is 41.6. The van der Waals surface area contributed by atoms with Crippen molar-refractivity contribution in [1.29, 1.82) is 0 Å². The number of rotatable bonds is 13. The molecule has 1 aliphatic heterocycles. The highest BCUT2D eigenvalue weighted by Crippen LogP contribution is 2.28. The van der Waals surface area contributed by atoms with Crippen molar-refractivity contribution in [2.45, 2.75) is 95.9 Å². The minimum absolute atomic E-state index is 0.0820. The standard InChI is InChI=1S/C41H72N10O12S4/c1-24(44-38(60)62-40(2,3)4)32(54)42-17-30(52)48(11)29-23-67-66-22-28(36(58)50(13)26(20-64-15)34(56)46(8)9)49(12)31(53)18-43-33(55)25(45-39(61)63-41(5,6)7)19-47(10)35(57)27(21-65-16)51(14)37(29)59/h24-29H,17-23H2,1-16H3,(H,42,54)(H,43,55)(H,44,60)(H,45,61)/t24-,25-,26+,27+,28+,29+/m1/s1. The zero-order chi connectivity index (χ0) is 51.7. The van der Waals surface area contributed by atoms with E-state index in [-0.39, 0.29) is 28.9 Å². The molecule has 0 radical (unpaired) electrons. The third-order valence-electron chi connectivity index (χ3n) is 9.91. The average Bonchev–Trinajstić information content (AvgIpc) is 3.22. The van der Waals surface area contributed by atoms with Crippen LogP contribution in [0.1, 0.15) is 48.5 Å². The van der Waals surface area contributed by atoms with Gasteiger partial charge in [0.05, 0.1) is 13.1 Å². The molecule has 26 heteroatoms. The molecule has 6 atom stereocenters. The monoisotopic (exact) mass is 1020 g/mol. The highest BCUT2D eigenvalue weighted by atomic mass is 33.1. The molecular formula is C41H72N10O12S4. The van der Waals surface area contributed by atoms with Gasteiger partial charge in [-0.1, -0.05) is 21.6 Å². The number of carbonyl (C=O) groups is 10. The van der Waals surface area contributed by atoms with Crippen LogP contribution in [0.4, 0.5) is 9.59 Å². The Morgan fingerprint density at radius 1 is 0.836 bits per heavy atom. The van der Waals surface area contributed by atoms with Crippen LogP contribution in [0.15, 0.2) is 0 Å². The van der Waals surface area contributed by atoms with E-state index >= 15 is 0 Å². The number of carbonyl (C=O) groups excluding carboxylic acids is 10. The summed E-state index contributed by atoms with van der Waals surface area (Å²) in [5.41, 5.74) is -1.79. The van der Waals surface area contributed by atoms with E-state index in [4.69, 9.17) is 9.47 Å². The number of ether oxygens (including phenoxy) is 2. The fourth-order valence-electron chi connectivity index (χ4n) is 6.02. The van der Waals surface area contributed by atoms with Gasteiger partial charge in [0, 0.05) is 78.9 Å². The predicted molar refractivity (Wildman–Crippen MR) is 262 cm³/mol. The van der Waals surface area contributed by atoms with Gasteiger partial charge in [0.25, 0.3) is 0 Å². The maximum absolute atomic E-state index is 14.6. The summed E-state index contributed by atoms with van der Waals surface area (Å²) in [6, 6.07) is -7.08. The summed E-state index contributed by atoms with van der Waals surface area (Å²) in [6.45, 7) is 9.60. The highest BCUT2D eigenvalue weighted by Gasteiger charge is 2.39. The van der Waals surface area contributed by atoms with Gasteiger partial charge in [0.1, 0.15) is 47.5 Å². The fraction of sp³-hybridized carbons (Fsp3) is 0.756.